The van der Waals surface area contributed by atoms with Crippen molar-refractivity contribution in [3.8, 4) is 0 Å². The molecular formula is C13H23N3O. The maximum absolute atomic E-state index is 12.2. The van der Waals surface area contributed by atoms with Crippen LogP contribution in [-0.2, 0) is 4.79 Å². The standard InChI is InChI=1S/C13H23N3O/c1-4-13(5-2)7-11(17)16(12(14)15-13)8-10-6-9(10)3/h9-10H,4-8H2,1-3H3,(H2,14,15)/t9-,10?/m1/s1. The second kappa shape index (κ2) is 4.31. The topological polar surface area (TPSA) is 58.7 Å². The molecule has 0 aromatic carbocycles. The molecule has 2 aliphatic rings. The summed E-state index contributed by atoms with van der Waals surface area (Å²) >= 11 is 0. The molecule has 0 bridgehead atoms. The van der Waals surface area contributed by atoms with Gasteiger partial charge >= 0.3 is 0 Å². The maximum Gasteiger partial charge on any atom is 0.231 e. The lowest BCUT2D eigenvalue weighted by Crippen LogP contribution is -2.52. The van der Waals surface area contributed by atoms with Crippen LogP contribution >= 0.6 is 0 Å². The van der Waals surface area contributed by atoms with E-state index in [1.807, 2.05) is 0 Å². The van der Waals surface area contributed by atoms with Crippen LogP contribution in [0.5, 0.6) is 0 Å². The Kier molecular flexibility index (Phi) is 3.15. The first-order valence-corrected chi connectivity index (χ1v) is 6.67. The molecule has 0 aromatic rings. The summed E-state index contributed by atoms with van der Waals surface area (Å²) in [5, 5.41) is 0. The number of nitrogens with zero attached hydrogens (tertiary/aromatic N) is 2. The third-order valence-corrected chi connectivity index (χ3v) is 4.42. The number of rotatable bonds is 4. The first kappa shape index (κ1) is 12.4. The van der Waals surface area contributed by atoms with Crippen molar-refractivity contribution < 1.29 is 4.79 Å². The lowest BCUT2D eigenvalue weighted by atomic mass is 9.88. The minimum atomic E-state index is -0.243. The van der Waals surface area contributed by atoms with Crippen LogP contribution in [0.15, 0.2) is 4.99 Å². The molecule has 0 spiro atoms. The lowest BCUT2D eigenvalue weighted by molar-refractivity contribution is -0.129. The Morgan fingerprint density at radius 3 is 2.47 bits per heavy atom. The smallest absolute Gasteiger partial charge is 0.231 e. The summed E-state index contributed by atoms with van der Waals surface area (Å²) < 4.78 is 0. The summed E-state index contributed by atoms with van der Waals surface area (Å²) in [4.78, 5) is 18.5. The monoisotopic (exact) mass is 237 g/mol. The molecule has 4 heteroatoms. The molecule has 1 aliphatic heterocycles. The van der Waals surface area contributed by atoms with Crippen molar-refractivity contribution in [2.75, 3.05) is 6.54 Å². The number of hydrogen-bond acceptors (Lipinski definition) is 3. The minimum absolute atomic E-state index is 0.153. The Labute approximate surface area is 103 Å². The van der Waals surface area contributed by atoms with Crippen molar-refractivity contribution in [3.63, 3.8) is 0 Å². The number of carbonyl (C=O) groups is 1. The largest absolute Gasteiger partial charge is 0.369 e. The first-order chi connectivity index (χ1) is 8.01. The summed E-state index contributed by atoms with van der Waals surface area (Å²) in [5.74, 6) is 1.95. The number of amides is 1. The van der Waals surface area contributed by atoms with Crippen LogP contribution in [0.3, 0.4) is 0 Å². The van der Waals surface area contributed by atoms with Crippen LogP contribution in [0.2, 0.25) is 0 Å². The number of aliphatic imine (C=N–C) groups is 1. The first-order valence-electron chi connectivity index (χ1n) is 6.67. The fourth-order valence-electron chi connectivity index (χ4n) is 2.59. The van der Waals surface area contributed by atoms with Gasteiger partial charge < -0.3 is 5.73 Å². The van der Waals surface area contributed by atoms with Gasteiger partial charge in [0.15, 0.2) is 5.96 Å². The van der Waals surface area contributed by atoms with E-state index in [9.17, 15) is 4.79 Å². The molecule has 1 fully saturated rings. The molecule has 0 aromatic heterocycles. The van der Waals surface area contributed by atoms with Crippen LogP contribution < -0.4 is 5.73 Å². The molecule has 17 heavy (non-hydrogen) atoms. The molecule has 1 unspecified atom stereocenters. The van der Waals surface area contributed by atoms with E-state index in [0.717, 1.165) is 25.3 Å². The predicted molar refractivity (Wildman–Crippen MR) is 68.5 cm³/mol. The van der Waals surface area contributed by atoms with Gasteiger partial charge in [-0.05, 0) is 31.1 Å². The molecule has 0 saturated heterocycles. The van der Waals surface area contributed by atoms with Crippen molar-refractivity contribution in [3.05, 3.63) is 0 Å². The molecule has 2 rings (SSSR count). The van der Waals surface area contributed by atoms with Gasteiger partial charge in [-0.3, -0.25) is 9.69 Å². The Bertz CT molecular complexity index is 347. The highest BCUT2D eigenvalue weighted by atomic mass is 16.2. The Morgan fingerprint density at radius 2 is 2.06 bits per heavy atom. The van der Waals surface area contributed by atoms with E-state index in [-0.39, 0.29) is 11.4 Å². The highest BCUT2D eigenvalue weighted by Gasteiger charge is 2.41. The minimum Gasteiger partial charge on any atom is -0.369 e. The van der Waals surface area contributed by atoms with Crippen LogP contribution in [-0.4, -0.2) is 28.9 Å². The molecule has 2 atom stereocenters. The van der Waals surface area contributed by atoms with Crippen molar-refractivity contribution in [2.45, 2.75) is 52.0 Å². The average molecular weight is 237 g/mol. The number of carbonyl (C=O) groups excluding carboxylic acids is 1. The van der Waals surface area contributed by atoms with Crippen molar-refractivity contribution in [2.24, 2.45) is 22.6 Å². The normalized spacial score (nSPS) is 31.4. The third-order valence-electron chi connectivity index (χ3n) is 4.42. The van der Waals surface area contributed by atoms with E-state index >= 15 is 0 Å². The Balaban J connectivity index is 2.12. The zero-order valence-electron chi connectivity index (χ0n) is 11.1. The molecule has 4 nitrogen and oxygen atoms in total. The molecule has 1 aliphatic carbocycles. The predicted octanol–water partition coefficient (Wildman–Crippen LogP) is 1.75. The zero-order chi connectivity index (χ0) is 12.6. The number of nitrogens with two attached hydrogens (primary N) is 1. The van der Waals surface area contributed by atoms with Crippen LogP contribution in [0.4, 0.5) is 0 Å². The third kappa shape index (κ3) is 2.31. The van der Waals surface area contributed by atoms with Gasteiger partial charge in [0.05, 0.1) is 12.0 Å². The fraction of sp³-hybridized carbons (Fsp3) is 0.846. The molecule has 1 amide bonds. The lowest BCUT2D eigenvalue weighted by Gasteiger charge is -2.36. The summed E-state index contributed by atoms with van der Waals surface area (Å²) in [6, 6.07) is 0. The van der Waals surface area contributed by atoms with E-state index in [0.29, 0.717) is 18.3 Å². The molecule has 1 saturated carbocycles. The van der Waals surface area contributed by atoms with Crippen molar-refractivity contribution in [1.82, 2.24) is 4.90 Å². The van der Waals surface area contributed by atoms with Gasteiger partial charge in [0.25, 0.3) is 0 Å². The highest BCUT2D eigenvalue weighted by Crippen LogP contribution is 2.39. The fourth-order valence-corrected chi connectivity index (χ4v) is 2.59. The Hall–Kier alpha value is -1.06. The SMILES string of the molecule is CCC1(CC)CC(=O)N(CC2C[C@H]2C)C(N)=N1. The van der Waals surface area contributed by atoms with Gasteiger partial charge in [-0.15, -0.1) is 0 Å². The van der Waals surface area contributed by atoms with Gasteiger partial charge in [0.2, 0.25) is 5.91 Å². The highest BCUT2D eigenvalue weighted by molar-refractivity contribution is 5.99. The Morgan fingerprint density at radius 1 is 1.47 bits per heavy atom. The van der Waals surface area contributed by atoms with E-state index in [2.05, 4.69) is 25.8 Å². The van der Waals surface area contributed by atoms with Gasteiger partial charge in [0, 0.05) is 6.54 Å². The molecular weight excluding hydrogens is 214 g/mol. The zero-order valence-corrected chi connectivity index (χ0v) is 11.1. The van der Waals surface area contributed by atoms with E-state index < -0.39 is 0 Å². The van der Waals surface area contributed by atoms with Gasteiger partial charge in [-0.2, -0.15) is 0 Å². The summed E-state index contributed by atoms with van der Waals surface area (Å²) in [7, 11) is 0. The summed E-state index contributed by atoms with van der Waals surface area (Å²) in [6.45, 7) is 7.13. The van der Waals surface area contributed by atoms with Crippen molar-refractivity contribution >= 4 is 11.9 Å². The van der Waals surface area contributed by atoms with Gasteiger partial charge in [-0.25, -0.2) is 4.99 Å². The number of guanidine groups is 1. The van der Waals surface area contributed by atoms with Gasteiger partial charge in [-0.1, -0.05) is 20.8 Å². The van der Waals surface area contributed by atoms with Crippen LogP contribution in [0, 0.1) is 11.8 Å². The molecule has 0 radical (unpaired) electrons. The van der Waals surface area contributed by atoms with E-state index in [1.54, 1.807) is 4.90 Å². The summed E-state index contributed by atoms with van der Waals surface area (Å²) in [5.41, 5.74) is 5.73. The molecule has 1 heterocycles. The molecule has 96 valence electrons. The van der Waals surface area contributed by atoms with Crippen molar-refractivity contribution in [1.29, 1.82) is 0 Å². The maximum atomic E-state index is 12.2. The van der Waals surface area contributed by atoms with Crippen LogP contribution in [0.1, 0.15) is 46.5 Å². The summed E-state index contributed by atoms with van der Waals surface area (Å²) in [6.07, 6.45) is 3.48. The van der Waals surface area contributed by atoms with E-state index in [1.165, 1.54) is 6.42 Å². The quantitative estimate of drug-likeness (QED) is 0.809. The average Bonchev–Trinajstić information content (AvgIpc) is 2.99. The van der Waals surface area contributed by atoms with E-state index in [4.69, 9.17) is 5.73 Å². The molecule has 2 N–H and O–H groups in total. The van der Waals surface area contributed by atoms with Gasteiger partial charge in [0.1, 0.15) is 0 Å². The second-order valence-corrected chi connectivity index (χ2v) is 5.56. The number of hydrogen-bond donors (Lipinski definition) is 1. The second-order valence-electron chi connectivity index (χ2n) is 5.56. The van der Waals surface area contributed by atoms with Crippen LogP contribution in [0.25, 0.3) is 0 Å².